The van der Waals surface area contributed by atoms with Gasteiger partial charge in [-0.2, -0.15) is 0 Å². The van der Waals surface area contributed by atoms with Crippen LogP contribution in [0.15, 0.2) is 11.6 Å². The Morgan fingerprint density at radius 2 is 2.05 bits per heavy atom. The van der Waals surface area contributed by atoms with E-state index in [-0.39, 0.29) is 22.9 Å². The highest BCUT2D eigenvalue weighted by molar-refractivity contribution is 5.66. The minimum absolute atomic E-state index is 0.0772. The molecule has 0 spiro atoms. The van der Waals surface area contributed by atoms with Gasteiger partial charge >= 0.3 is 5.97 Å². The SMILES string of the molecule is CC(=O)O[C@@H]1C[C@H](O)C(C)(C)[C@@H]2CCC(C)=CC[C@@]12C. The zero-order valence-corrected chi connectivity index (χ0v) is 13.4. The molecule has 0 radical (unpaired) electrons. The zero-order chi connectivity index (χ0) is 15.1. The summed E-state index contributed by atoms with van der Waals surface area (Å²) >= 11 is 0. The second-order valence-electron chi connectivity index (χ2n) is 7.52. The number of aliphatic hydroxyl groups is 1. The monoisotopic (exact) mass is 280 g/mol. The van der Waals surface area contributed by atoms with Gasteiger partial charge in [0.25, 0.3) is 0 Å². The fourth-order valence-corrected chi connectivity index (χ4v) is 4.31. The number of allylic oxidation sites excluding steroid dienone is 2. The van der Waals surface area contributed by atoms with E-state index in [4.69, 9.17) is 4.74 Å². The van der Waals surface area contributed by atoms with E-state index >= 15 is 0 Å². The molecule has 4 atom stereocenters. The largest absolute Gasteiger partial charge is 0.462 e. The first-order valence-corrected chi connectivity index (χ1v) is 7.69. The highest BCUT2D eigenvalue weighted by Gasteiger charge is 2.56. The third-order valence-electron chi connectivity index (χ3n) is 5.75. The number of esters is 1. The molecule has 0 aromatic heterocycles. The smallest absolute Gasteiger partial charge is 0.302 e. The van der Waals surface area contributed by atoms with Gasteiger partial charge in [0.1, 0.15) is 6.10 Å². The average Bonchev–Trinajstić information content (AvgIpc) is 2.48. The van der Waals surface area contributed by atoms with Crippen LogP contribution in [0.2, 0.25) is 0 Å². The number of hydrogen-bond donors (Lipinski definition) is 1. The number of aliphatic hydroxyl groups excluding tert-OH is 1. The lowest BCUT2D eigenvalue weighted by Gasteiger charge is -2.56. The highest BCUT2D eigenvalue weighted by atomic mass is 16.5. The van der Waals surface area contributed by atoms with Gasteiger partial charge in [0, 0.05) is 18.8 Å². The molecule has 0 heterocycles. The molecule has 2 aliphatic rings. The summed E-state index contributed by atoms with van der Waals surface area (Å²) in [6, 6.07) is 0. The zero-order valence-electron chi connectivity index (χ0n) is 13.4. The van der Waals surface area contributed by atoms with Crippen LogP contribution in [-0.4, -0.2) is 23.3 Å². The Morgan fingerprint density at radius 1 is 1.40 bits per heavy atom. The van der Waals surface area contributed by atoms with Crippen molar-refractivity contribution in [3.8, 4) is 0 Å². The standard InChI is InChI=1S/C17H28O3/c1-11-6-7-13-16(3,4)14(19)10-15(20-12(2)18)17(13,5)9-8-11/h8,13-15,19H,6-7,9-10H2,1-5H3/t13-,14-,15+,17+/m0/s1. The van der Waals surface area contributed by atoms with Crippen LogP contribution in [0, 0.1) is 16.7 Å². The van der Waals surface area contributed by atoms with Gasteiger partial charge in [0.05, 0.1) is 6.10 Å². The second-order valence-corrected chi connectivity index (χ2v) is 7.52. The van der Waals surface area contributed by atoms with Crippen molar-refractivity contribution in [3.05, 3.63) is 11.6 Å². The number of fused-ring (bicyclic) bond motifs is 1. The Labute approximate surface area is 122 Å². The molecule has 1 saturated carbocycles. The lowest BCUT2D eigenvalue weighted by Crippen LogP contribution is -2.57. The van der Waals surface area contributed by atoms with Crippen LogP contribution in [-0.2, 0) is 9.53 Å². The third-order valence-corrected chi connectivity index (χ3v) is 5.75. The molecule has 114 valence electrons. The molecule has 0 aliphatic heterocycles. The Balaban J connectivity index is 2.39. The summed E-state index contributed by atoms with van der Waals surface area (Å²) in [6.45, 7) is 10.2. The van der Waals surface area contributed by atoms with E-state index < -0.39 is 6.10 Å². The molecular weight excluding hydrogens is 252 g/mol. The molecule has 20 heavy (non-hydrogen) atoms. The number of carbonyl (C=O) groups excluding carboxylic acids is 1. The van der Waals surface area contributed by atoms with E-state index in [2.05, 4.69) is 33.8 Å². The van der Waals surface area contributed by atoms with Crippen LogP contribution in [0.1, 0.15) is 60.3 Å². The summed E-state index contributed by atoms with van der Waals surface area (Å²) in [5, 5.41) is 10.5. The maximum Gasteiger partial charge on any atom is 0.302 e. The predicted octanol–water partition coefficient (Wildman–Crippen LogP) is 3.46. The van der Waals surface area contributed by atoms with Crippen LogP contribution in [0.3, 0.4) is 0 Å². The van der Waals surface area contributed by atoms with E-state index in [0.717, 1.165) is 19.3 Å². The van der Waals surface area contributed by atoms with Crippen molar-refractivity contribution in [2.75, 3.05) is 0 Å². The maximum atomic E-state index is 11.4. The Hall–Kier alpha value is -0.830. The lowest BCUT2D eigenvalue weighted by molar-refractivity contribution is -0.188. The van der Waals surface area contributed by atoms with Gasteiger partial charge in [-0.15, -0.1) is 0 Å². The Bertz CT molecular complexity index is 424. The van der Waals surface area contributed by atoms with Crippen molar-refractivity contribution in [2.45, 2.75) is 72.5 Å². The number of ether oxygens (including phenoxy) is 1. The van der Waals surface area contributed by atoms with Crippen molar-refractivity contribution in [1.82, 2.24) is 0 Å². The fourth-order valence-electron chi connectivity index (χ4n) is 4.31. The van der Waals surface area contributed by atoms with Crippen molar-refractivity contribution in [1.29, 1.82) is 0 Å². The van der Waals surface area contributed by atoms with Gasteiger partial charge in [0.2, 0.25) is 0 Å². The van der Waals surface area contributed by atoms with Crippen molar-refractivity contribution >= 4 is 5.97 Å². The number of hydrogen-bond acceptors (Lipinski definition) is 3. The summed E-state index contributed by atoms with van der Waals surface area (Å²) in [5.41, 5.74) is 1.20. The van der Waals surface area contributed by atoms with Crippen molar-refractivity contribution in [3.63, 3.8) is 0 Å². The molecular formula is C17H28O3. The first kappa shape index (κ1) is 15.6. The Morgan fingerprint density at radius 3 is 2.65 bits per heavy atom. The van der Waals surface area contributed by atoms with Crippen LogP contribution in [0.4, 0.5) is 0 Å². The van der Waals surface area contributed by atoms with Crippen molar-refractivity contribution in [2.24, 2.45) is 16.7 Å². The topological polar surface area (TPSA) is 46.5 Å². The third kappa shape index (κ3) is 2.52. The molecule has 0 saturated heterocycles. The van der Waals surface area contributed by atoms with Crippen LogP contribution in [0.25, 0.3) is 0 Å². The lowest BCUT2D eigenvalue weighted by atomic mass is 9.52. The molecule has 3 nitrogen and oxygen atoms in total. The van der Waals surface area contributed by atoms with Crippen LogP contribution in [0.5, 0.6) is 0 Å². The summed E-state index contributed by atoms with van der Waals surface area (Å²) in [4.78, 5) is 11.4. The molecule has 0 aromatic rings. The molecule has 2 aliphatic carbocycles. The van der Waals surface area contributed by atoms with Gasteiger partial charge in [-0.3, -0.25) is 4.79 Å². The molecule has 3 heteroatoms. The fraction of sp³-hybridized carbons (Fsp3) is 0.824. The van der Waals surface area contributed by atoms with Gasteiger partial charge in [0.15, 0.2) is 0 Å². The summed E-state index contributed by atoms with van der Waals surface area (Å²) in [7, 11) is 0. The molecule has 2 rings (SSSR count). The average molecular weight is 280 g/mol. The molecule has 1 N–H and O–H groups in total. The second kappa shape index (κ2) is 5.18. The molecule has 0 bridgehead atoms. The van der Waals surface area contributed by atoms with Gasteiger partial charge in [-0.05, 0) is 37.5 Å². The van der Waals surface area contributed by atoms with E-state index in [9.17, 15) is 9.90 Å². The minimum Gasteiger partial charge on any atom is -0.462 e. The highest BCUT2D eigenvalue weighted by Crippen LogP contribution is 2.57. The van der Waals surface area contributed by atoms with E-state index in [1.165, 1.54) is 12.5 Å². The minimum atomic E-state index is -0.414. The predicted molar refractivity (Wildman–Crippen MR) is 79.2 cm³/mol. The van der Waals surface area contributed by atoms with Crippen LogP contribution >= 0.6 is 0 Å². The number of rotatable bonds is 1. The number of carbonyl (C=O) groups is 1. The van der Waals surface area contributed by atoms with E-state index in [1.54, 1.807) is 0 Å². The summed E-state index contributed by atoms with van der Waals surface area (Å²) < 4.78 is 5.59. The maximum absolute atomic E-state index is 11.4. The van der Waals surface area contributed by atoms with Crippen molar-refractivity contribution < 1.29 is 14.6 Å². The Kier molecular flexibility index (Phi) is 4.03. The van der Waals surface area contributed by atoms with E-state index in [1.807, 2.05) is 0 Å². The first-order valence-electron chi connectivity index (χ1n) is 7.69. The molecule has 0 unspecified atom stereocenters. The molecule has 0 amide bonds. The van der Waals surface area contributed by atoms with Crippen LogP contribution < -0.4 is 0 Å². The van der Waals surface area contributed by atoms with Gasteiger partial charge < -0.3 is 9.84 Å². The normalized spacial score (nSPS) is 40.3. The molecule has 0 aromatic carbocycles. The van der Waals surface area contributed by atoms with Gasteiger partial charge in [-0.1, -0.05) is 32.4 Å². The van der Waals surface area contributed by atoms with Gasteiger partial charge in [-0.25, -0.2) is 0 Å². The summed E-state index contributed by atoms with van der Waals surface area (Å²) in [5.74, 6) is 0.114. The quantitative estimate of drug-likeness (QED) is 0.591. The molecule has 1 fully saturated rings. The summed E-state index contributed by atoms with van der Waals surface area (Å²) in [6.07, 6.45) is 5.30. The van der Waals surface area contributed by atoms with E-state index in [0.29, 0.717) is 12.3 Å². The first-order chi connectivity index (χ1) is 9.18.